The van der Waals surface area contributed by atoms with Crippen molar-refractivity contribution >= 4 is 27.9 Å². The number of nitrogens with zero attached hydrogens (tertiary/aromatic N) is 1. The molecule has 1 aliphatic heterocycles. The van der Waals surface area contributed by atoms with Crippen LogP contribution in [0, 0.1) is 0 Å². The van der Waals surface area contributed by atoms with Crippen molar-refractivity contribution in [2.24, 2.45) is 0 Å². The van der Waals surface area contributed by atoms with Crippen LogP contribution in [0.15, 0.2) is 66.7 Å². The molecule has 5 rings (SSSR count). The molecule has 1 amide bonds. The van der Waals surface area contributed by atoms with Gasteiger partial charge in [0.15, 0.2) is 6.10 Å². The molecule has 2 N–H and O–H groups in total. The van der Waals surface area contributed by atoms with Crippen LogP contribution in [0.2, 0.25) is 0 Å². The Balaban J connectivity index is 1.19. The summed E-state index contributed by atoms with van der Waals surface area (Å²) in [5.74, 6) is 1.38. The number of benzene rings is 3. The third-order valence-electron chi connectivity index (χ3n) is 5.63. The molecule has 0 saturated carbocycles. The predicted octanol–water partition coefficient (Wildman–Crippen LogP) is 4.09. The van der Waals surface area contributed by atoms with Gasteiger partial charge in [0.25, 0.3) is 0 Å². The van der Waals surface area contributed by atoms with Crippen LogP contribution in [0.4, 0.5) is 4.79 Å². The fourth-order valence-corrected chi connectivity index (χ4v) is 4.06. The highest BCUT2D eigenvalue weighted by Gasteiger charge is 2.31. The average Bonchev–Trinajstić information content (AvgIpc) is 3.38. The first-order valence-electron chi connectivity index (χ1n) is 10.6. The number of nitrogens with one attached hydrogen (secondary N) is 1. The molecule has 4 aromatic rings. The van der Waals surface area contributed by atoms with Crippen LogP contribution in [0.5, 0.6) is 11.5 Å². The zero-order valence-electron chi connectivity index (χ0n) is 17.5. The topological polar surface area (TPSA) is 84.0 Å². The molecule has 7 heteroatoms. The minimum absolute atomic E-state index is 0.0927. The summed E-state index contributed by atoms with van der Waals surface area (Å²) in [7, 11) is 0. The number of ether oxygens (including phenoxy) is 3. The van der Waals surface area contributed by atoms with Crippen LogP contribution < -0.4 is 9.47 Å². The van der Waals surface area contributed by atoms with Crippen LogP contribution >= 0.6 is 0 Å². The van der Waals surface area contributed by atoms with Crippen molar-refractivity contribution in [3.05, 3.63) is 72.3 Å². The number of rotatable bonds is 8. The van der Waals surface area contributed by atoms with Gasteiger partial charge in [-0.05, 0) is 24.3 Å². The van der Waals surface area contributed by atoms with Gasteiger partial charge in [0.2, 0.25) is 0 Å². The molecule has 1 fully saturated rings. The second-order valence-corrected chi connectivity index (χ2v) is 7.73. The monoisotopic (exact) mass is 432 g/mol. The van der Waals surface area contributed by atoms with E-state index in [1.165, 1.54) is 0 Å². The van der Waals surface area contributed by atoms with E-state index in [-0.39, 0.29) is 25.4 Å². The molecule has 1 aromatic heterocycles. The number of H-pyrrole nitrogens is 1. The molecule has 7 nitrogen and oxygen atoms in total. The van der Waals surface area contributed by atoms with Gasteiger partial charge in [0.05, 0.1) is 25.2 Å². The number of para-hydroxylation sites is 2. The molecule has 0 aliphatic carbocycles. The standard InChI is InChI=1S/C25H24N2O5/c28-15-17-6-1-4-10-22(17)30-13-12-27-14-18(32-25(27)29)16-31-23-11-5-9-21-24(23)19-7-2-3-8-20(19)26-21/h1-11,18,26,28H,12-16H2. The number of amides is 1. The third kappa shape index (κ3) is 3.94. The van der Waals surface area contributed by atoms with Crippen molar-refractivity contribution < 1.29 is 24.1 Å². The Hall–Kier alpha value is -3.71. The van der Waals surface area contributed by atoms with Gasteiger partial charge in [0, 0.05) is 21.9 Å². The van der Waals surface area contributed by atoms with Gasteiger partial charge in [-0.25, -0.2) is 4.79 Å². The lowest BCUT2D eigenvalue weighted by molar-refractivity contribution is 0.103. The minimum Gasteiger partial charge on any atom is -0.491 e. The summed E-state index contributed by atoms with van der Waals surface area (Å²) in [6, 6.07) is 21.3. The molecule has 0 radical (unpaired) electrons. The van der Waals surface area contributed by atoms with Gasteiger partial charge in [-0.3, -0.25) is 0 Å². The number of fused-ring (bicyclic) bond motifs is 3. The Bertz CT molecular complexity index is 1250. The van der Waals surface area contributed by atoms with Crippen LogP contribution in [0.1, 0.15) is 5.56 Å². The lowest BCUT2D eigenvalue weighted by Gasteiger charge is -2.15. The molecule has 0 spiro atoms. The van der Waals surface area contributed by atoms with Crippen molar-refractivity contribution in [2.75, 3.05) is 26.3 Å². The Morgan fingerprint density at radius 3 is 2.66 bits per heavy atom. The normalized spacial score (nSPS) is 16.0. The number of carbonyl (C=O) groups is 1. The number of hydrogen-bond donors (Lipinski definition) is 2. The number of hydrogen-bond acceptors (Lipinski definition) is 5. The highest BCUT2D eigenvalue weighted by atomic mass is 16.6. The SMILES string of the molecule is O=C1OC(COc2cccc3[nH]c4ccccc4c23)CN1CCOc1ccccc1CO. The highest BCUT2D eigenvalue weighted by Crippen LogP contribution is 2.33. The van der Waals surface area contributed by atoms with Crippen LogP contribution in [0.25, 0.3) is 21.8 Å². The average molecular weight is 432 g/mol. The predicted molar refractivity (Wildman–Crippen MR) is 121 cm³/mol. The van der Waals surface area contributed by atoms with E-state index in [0.29, 0.717) is 31.0 Å². The van der Waals surface area contributed by atoms with Gasteiger partial charge < -0.3 is 29.2 Å². The maximum atomic E-state index is 12.3. The maximum absolute atomic E-state index is 12.3. The smallest absolute Gasteiger partial charge is 0.410 e. The molecule has 32 heavy (non-hydrogen) atoms. The van der Waals surface area contributed by atoms with Gasteiger partial charge in [0.1, 0.15) is 24.7 Å². The quantitative estimate of drug-likeness (QED) is 0.438. The first-order chi connectivity index (χ1) is 15.7. The summed E-state index contributed by atoms with van der Waals surface area (Å²) in [4.78, 5) is 17.3. The summed E-state index contributed by atoms with van der Waals surface area (Å²) < 4.78 is 17.3. The lowest BCUT2D eigenvalue weighted by atomic mass is 10.1. The number of carbonyl (C=O) groups excluding carboxylic acids is 1. The van der Waals surface area contributed by atoms with E-state index in [4.69, 9.17) is 14.2 Å². The molecule has 2 heterocycles. The largest absolute Gasteiger partial charge is 0.491 e. The highest BCUT2D eigenvalue weighted by molar-refractivity contribution is 6.10. The summed E-state index contributed by atoms with van der Waals surface area (Å²) >= 11 is 0. The van der Waals surface area contributed by atoms with E-state index in [0.717, 1.165) is 27.6 Å². The maximum Gasteiger partial charge on any atom is 0.410 e. The van der Waals surface area contributed by atoms with Crippen LogP contribution in [-0.4, -0.2) is 53.5 Å². The van der Waals surface area contributed by atoms with Crippen LogP contribution in [-0.2, 0) is 11.3 Å². The second kappa shape index (κ2) is 8.80. The molecule has 1 atom stereocenters. The van der Waals surface area contributed by atoms with E-state index >= 15 is 0 Å². The first kappa shape index (κ1) is 20.2. The molecular formula is C25H24N2O5. The summed E-state index contributed by atoms with van der Waals surface area (Å²) in [6.07, 6.45) is -0.726. The van der Waals surface area contributed by atoms with Crippen molar-refractivity contribution in [3.8, 4) is 11.5 Å². The second-order valence-electron chi connectivity index (χ2n) is 7.73. The molecular weight excluding hydrogens is 408 g/mol. The number of aliphatic hydroxyl groups excluding tert-OH is 1. The first-order valence-corrected chi connectivity index (χ1v) is 10.6. The minimum atomic E-state index is -0.372. The van der Waals surface area contributed by atoms with E-state index < -0.39 is 0 Å². The van der Waals surface area contributed by atoms with E-state index in [9.17, 15) is 9.90 Å². The lowest BCUT2D eigenvalue weighted by Crippen LogP contribution is -2.30. The summed E-state index contributed by atoms with van der Waals surface area (Å²) in [6.45, 7) is 1.33. The van der Waals surface area contributed by atoms with Gasteiger partial charge in [-0.2, -0.15) is 0 Å². The molecule has 1 saturated heterocycles. The Morgan fingerprint density at radius 2 is 1.75 bits per heavy atom. The fourth-order valence-electron chi connectivity index (χ4n) is 4.06. The van der Waals surface area contributed by atoms with Crippen molar-refractivity contribution in [1.29, 1.82) is 0 Å². The number of aromatic nitrogens is 1. The molecule has 3 aromatic carbocycles. The number of aromatic amines is 1. The number of aliphatic hydroxyl groups is 1. The summed E-state index contributed by atoms with van der Waals surface area (Å²) in [5, 5.41) is 11.5. The van der Waals surface area contributed by atoms with Gasteiger partial charge in [-0.1, -0.05) is 42.5 Å². The van der Waals surface area contributed by atoms with E-state index in [2.05, 4.69) is 11.1 Å². The van der Waals surface area contributed by atoms with E-state index in [1.54, 1.807) is 17.0 Å². The fraction of sp³-hybridized carbons (Fsp3) is 0.240. The Labute approximate surface area is 185 Å². The van der Waals surface area contributed by atoms with Crippen molar-refractivity contribution in [1.82, 2.24) is 9.88 Å². The number of cyclic esters (lactones) is 1. The summed E-state index contributed by atoms with van der Waals surface area (Å²) in [5.41, 5.74) is 2.78. The van der Waals surface area contributed by atoms with Crippen molar-refractivity contribution in [2.45, 2.75) is 12.7 Å². The molecule has 1 aliphatic rings. The Kier molecular flexibility index (Phi) is 5.56. The zero-order valence-corrected chi connectivity index (χ0v) is 17.5. The molecule has 164 valence electrons. The Morgan fingerprint density at radius 1 is 0.969 bits per heavy atom. The van der Waals surface area contributed by atoms with Crippen LogP contribution in [0.3, 0.4) is 0 Å². The zero-order chi connectivity index (χ0) is 21.9. The third-order valence-corrected chi connectivity index (χ3v) is 5.63. The van der Waals surface area contributed by atoms with Gasteiger partial charge >= 0.3 is 6.09 Å². The molecule has 0 bridgehead atoms. The molecule has 1 unspecified atom stereocenters. The van der Waals surface area contributed by atoms with E-state index in [1.807, 2.05) is 48.5 Å². The van der Waals surface area contributed by atoms with Gasteiger partial charge in [-0.15, -0.1) is 0 Å². The van der Waals surface area contributed by atoms with Crippen molar-refractivity contribution in [3.63, 3.8) is 0 Å².